The molecule has 0 aromatic heterocycles. The lowest BCUT2D eigenvalue weighted by atomic mass is 10.1. The average molecular weight is 447 g/mol. The molecule has 0 spiro atoms. The van der Waals surface area contributed by atoms with Gasteiger partial charge in [0.1, 0.15) is 11.8 Å². The molecule has 0 saturated carbocycles. The summed E-state index contributed by atoms with van der Waals surface area (Å²) in [7, 11) is 1.57. The first kappa shape index (κ1) is 22.0. The molecule has 1 atom stereocenters. The summed E-state index contributed by atoms with van der Waals surface area (Å²) in [4.78, 5) is 26.7. The third kappa shape index (κ3) is 5.58. The largest absolute Gasteiger partial charge is 0.483 e. The number of amides is 2. The second-order valence-corrected chi connectivity index (χ2v) is 7.50. The van der Waals surface area contributed by atoms with Crippen LogP contribution in [0, 0.1) is 6.92 Å². The lowest BCUT2D eigenvalue weighted by Crippen LogP contribution is -2.48. The fourth-order valence-electron chi connectivity index (χ4n) is 2.87. The van der Waals surface area contributed by atoms with Gasteiger partial charge in [0.2, 0.25) is 5.91 Å². The van der Waals surface area contributed by atoms with E-state index in [1.54, 1.807) is 18.9 Å². The van der Waals surface area contributed by atoms with E-state index in [-0.39, 0.29) is 18.4 Å². The Morgan fingerprint density at radius 3 is 2.54 bits per heavy atom. The number of nitrogens with zero attached hydrogens (tertiary/aromatic N) is 1. The van der Waals surface area contributed by atoms with Gasteiger partial charge in [-0.15, -0.1) is 0 Å². The van der Waals surface area contributed by atoms with Gasteiger partial charge in [0.05, 0.1) is 4.47 Å². The number of ether oxygens (including phenoxy) is 1. The second-order valence-electron chi connectivity index (χ2n) is 6.65. The predicted octanol–water partition coefficient (Wildman–Crippen LogP) is 3.86. The van der Waals surface area contributed by atoms with Gasteiger partial charge in [-0.1, -0.05) is 37.3 Å². The number of carbonyl (C=O) groups excluding carboxylic acids is 2. The number of halogens is 1. The van der Waals surface area contributed by atoms with E-state index in [1.165, 1.54) is 5.56 Å². The number of benzene rings is 2. The molecule has 0 aliphatic heterocycles. The summed E-state index contributed by atoms with van der Waals surface area (Å²) in [5.41, 5.74) is 3.25. The Hall–Kier alpha value is -2.34. The van der Waals surface area contributed by atoms with Gasteiger partial charge in [-0.2, -0.15) is 0 Å². The van der Waals surface area contributed by atoms with Crippen molar-refractivity contribution in [2.75, 3.05) is 13.7 Å². The van der Waals surface area contributed by atoms with Crippen LogP contribution in [0.25, 0.3) is 0 Å². The van der Waals surface area contributed by atoms with E-state index in [0.29, 0.717) is 12.3 Å². The third-order valence-corrected chi connectivity index (χ3v) is 5.39. The maximum atomic E-state index is 12.9. The van der Waals surface area contributed by atoms with Gasteiger partial charge >= 0.3 is 0 Å². The molecule has 0 aliphatic rings. The van der Waals surface area contributed by atoms with Gasteiger partial charge in [0, 0.05) is 13.6 Å². The van der Waals surface area contributed by atoms with Gasteiger partial charge in [-0.05, 0) is 65.0 Å². The molecular formula is C22H27BrN2O3. The minimum Gasteiger partial charge on any atom is -0.483 e. The van der Waals surface area contributed by atoms with Crippen LogP contribution < -0.4 is 10.1 Å². The molecular weight excluding hydrogens is 420 g/mol. The Balaban J connectivity index is 2.16. The molecule has 0 aliphatic carbocycles. The number of nitrogens with one attached hydrogen (secondary N) is 1. The fourth-order valence-corrected chi connectivity index (χ4v) is 3.41. The lowest BCUT2D eigenvalue weighted by Gasteiger charge is -2.29. The molecule has 2 amide bonds. The van der Waals surface area contributed by atoms with Crippen molar-refractivity contribution < 1.29 is 14.3 Å². The highest BCUT2D eigenvalue weighted by atomic mass is 79.9. The molecule has 0 bridgehead atoms. The van der Waals surface area contributed by atoms with Crippen molar-refractivity contribution in [3.05, 3.63) is 63.6 Å². The summed E-state index contributed by atoms with van der Waals surface area (Å²) >= 11 is 3.49. The zero-order chi connectivity index (χ0) is 20.7. The molecule has 0 heterocycles. The first-order valence-electron chi connectivity index (χ1n) is 9.34. The summed E-state index contributed by atoms with van der Waals surface area (Å²) in [5.74, 6) is 0.148. The smallest absolute Gasteiger partial charge is 0.261 e. The van der Waals surface area contributed by atoms with E-state index >= 15 is 0 Å². The highest BCUT2D eigenvalue weighted by Gasteiger charge is 2.26. The summed E-state index contributed by atoms with van der Waals surface area (Å²) < 4.78 is 6.55. The molecule has 5 nitrogen and oxygen atoms in total. The van der Waals surface area contributed by atoms with Crippen LogP contribution in [-0.4, -0.2) is 36.4 Å². The molecule has 0 radical (unpaired) electrons. The quantitative estimate of drug-likeness (QED) is 0.669. The third-order valence-electron chi connectivity index (χ3n) is 4.77. The van der Waals surface area contributed by atoms with Crippen molar-refractivity contribution in [3.63, 3.8) is 0 Å². The zero-order valence-electron chi connectivity index (χ0n) is 16.8. The maximum absolute atomic E-state index is 12.9. The van der Waals surface area contributed by atoms with E-state index in [4.69, 9.17) is 4.74 Å². The highest BCUT2D eigenvalue weighted by Crippen LogP contribution is 2.26. The van der Waals surface area contributed by atoms with E-state index in [0.717, 1.165) is 22.0 Å². The molecule has 1 N–H and O–H groups in total. The summed E-state index contributed by atoms with van der Waals surface area (Å²) in [6.07, 6.45) is 0.922. The van der Waals surface area contributed by atoms with E-state index in [2.05, 4.69) is 28.2 Å². The highest BCUT2D eigenvalue weighted by molar-refractivity contribution is 9.10. The molecule has 6 heteroatoms. The van der Waals surface area contributed by atoms with Crippen molar-refractivity contribution in [3.8, 4) is 5.75 Å². The average Bonchev–Trinajstić information content (AvgIpc) is 2.70. The number of likely N-dealkylation sites (N-methyl/N-ethyl adjacent to an activating group) is 1. The van der Waals surface area contributed by atoms with Crippen LogP contribution in [0.1, 0.15) is 30.5 Å². The molecule has 28 heavy (non-hydrogen) atoms. The molecule has 0 unspecified atom stereocenters. The number of carbonyl (C=O) groups is 2. The van der Waals surface area contributed by atoms with E-state index in [9.17, 15) is 9.59 Å². The lowest BCUT2D eigenvalue weighted by molar-refractivity contribution is -0.142. The van der Waals surface area contributed by atoms with Gasteiger partial charge < -0.3 is 15.0 Å². The van der Waals surface area contributed by atoms with E-state index < -0.39 is 6.04 Å². The first-order valence-corrected chi connectivity index (χ1v) is 10.1. The van der Waals surface area contributed by atoms with Crippen LogP contribution >= 0.6 is 15.9 Å². The Morgan fingerprint density at radius 2 is 1.93 bits per heavy atom. The van der Waals surface area contributed by atoms with E-state index in [1.807, 2.05) is 49.4 Å². The predicted molar refractivity (Wildman–Crippen MR) is 114 cm³/mol. The van der Waals surface area contributed by atoms with Crippen molar-refractivity contribution in [1.82, 2.24) is 10.2 Å². The number of rotatable bonds is 8. The number of hydrogen-bond acceptors (Lipinski definition) is 3. The summed E-state index contributed by atoms with van der Waals surface area (Å²) in [5, 5.41) is 2.61. The topological polar surface area (TPSA) is 58.6 Å². The van der Waals surface area contributed by atoms with Crippen LogP contribution in [-0.2, 0) is 22.6 Å². The van der Waals surface area contributed by atoms with Gasteiger partial charge in [0.15, 0.2) is 6.61 Å². The molecule has 2 rings (SSSR count). The van der Waals surface area contributed by atoms with Crippen molar-refractivity contribution in [2.45, 2.75) is 39.8 Å². The second kappa shape index (κ2) is 10.3. The molecule has 2 aromatic rings. The summed E-state index contributed by atoms with van der Waals surface area (Å²) in [6.45, 7) is 6.00. The van der Waals surface area contributed by atoms with Crippen molar-refractivity contribution in [2.24, 2.45) is 0 Å². The number of hydrogen-bond donors (Lipinski definition) is 1. The first-order chi connectivity index (χ1) is 13.4. The van der Waals surface area contributed by atoms with Crippen molar-refractivity contribution >= 4 is 27.7 Å². The zero-order valence-corrected chi connectivity index (χ0v) is 18.4. The van der Waals surface area contributed by atoms with Crippen LogP contribution in [0.5, 0.6) is 5.75 Å². The summed E-state index contributed by atoms with van der Waals surface area (Å²) in [6, 6.07) is 13.0. The van der Waals surface area contributed by atoms with Gasteiger partial charge in [-0.3, -0.25) is 9.59 Å². The Morgan fingerprint density at radius 1 is 1.21 bits per heavy atom. The fraction of sp³-hybridized carbons (Fsp3) is 0.364. The normalized spacial score (nSPS) is 11.6. The molecule has 0 saturated heterocycles. The minimum atomic E-state index is -0.605. The standard InChI is InChI=1S/C22H27BrN2O3/c1-5-17-10-11-20(19(23)12-17)28-14-21(26)25(16(3)22(27)24-4)13-18-9-7-6-8-15(18)2/h6-12,16H,5,13-14H2,1-4H3,(H,24,27)/t16-/m1/s1. The maximum Gasteiger partial charge on any atom is 0.261 e. The van der Waals surface area contributed by atoms with Crippen LogP contribution in [0.4, 0.5) is 0 Å². The number of aryl methyl sites for hydroxylation is 2. The van der Waals surface area contributed by atoms with Gasteiger partial charge in [0.25, 0.3) is 5.91 Å². The Labute approximate surface area is 175 Å². The monoisotopic (exact) mass is 446 g/mol. The molecule has 150 valence electrons. The Kier molecular flexibility index (Phi) is 8.05. The van der Waals surface area contributed by atoms with Crippen LogP contribution in [0.3, 0.4) is 0 Å². The van der Waals surface area contributed by atoms with Gasteiger partial charge in [-0.25, -0.2) is 0 Å². The van der Waals surface area contributed by atoms with Crippen LogP contribution in [0.2, 0.25) is 0 Å². The van der Waals surface area contributed by atoms with Crippen molar-refractivity contribution in [1.29, 1.82) is 0 Å². The van der Waals surface area contributed by atoms with Crippen LogP contribution in [0.15, 0.2) is 46.9 Å². The Bertz CT molecular complexity index is 838. The molecule has 0 fully saturated rings. The molecule has 2 aromatic carbocycles. The minimum absolute atomic E-state index is 0.142. The SMILES string of the molecule is CCc1ccc(OCC(=O)N(Cc2ccccc2C)[C@H](C)C(=O)NC)c(Br)c1.